The van der Waals surface area contributed by atoms with Crippen molar-refractivity contribution >= 4 is 12.3 Å². The van der Waals surface area contributed by atoms with Crippen LogP contribution in [0.5, 0.6) is 0 Å². The van der Waals surface area contributed by atoms with Gasteiger partial charge in [-0.05, 0) is 6.92 Å². The third-order valence-electron chi connectivity index (χ3n) is 1.39. The SMILES string of the molecule is CCN(C=O)CC(=O)N(C)C. The molecule has 64 valence electrons. The number of hydrogen-bond acceptors (Lipinski definition) is 2. The van der Waals surface area contributed by atoms with Gasteiger partial charge in [0.25, 0.3) is 0 Å². The molecule has 0 N–H and O–H groups in total. The van der Waals surface area contributed by atoms with Crippen LogP contribution in [0.1, 0.15) is 6.92 Å². The molecule has 0 fully saturated rings. The highest BCUT2D eigenvalue weighted by molar-refractivity contribution is 5.79. The average Bonchev–Trinajstić information content (AvgIpc) is 1.99. The van der Waals surface area contributed by atoms with Gasteiger partial charge in [-0.3, -0.25) is 9.59 Å². The molecule has 0 rings (SSSR count). The van der Waals surface area contributed by atoms with Gasteiger partial charge < -0.3 is 9.80 Å². The van der Waals surface area contributed by atoms with Crippen molar-refractivity contribution in [2.45, 2.75) is 6.92 Å². The van der Waals surface area contributed by atoms with Gasteiger partial charge in [-0.15, -0.1) is 0 Å². The lowest BCUT2D eigenvalue weighted by Gasteiger charge is -2.16. The van der Waals surface area contributed by atoms with Gasteiger partial charge >= 0.3 is 0 Å². The number of carbonyl (C=O) groups excluding carboxylic acids is 2. The van der Waals surface area contributed by atoms with Crippen molar-refractivity contribution in [2.75, 3.05) is 27.2 Å². The molecular formula is C7H14N2O2. The lowest BCUT2D eigenvalue weighted by Crippen LogP contribution is -2.35. The number of amides is 2. The minimum atomic E-state index is -0.0565. The lowest BCUT2D eigenvalue weighted by atomic mass is 10.5. The van der Waals surface area contributed by atoms with Gasteiger partial charge in [0.05, 0.1) is 6.54 Å². The Morgan fingerprint density at radius 3 is 2.27 bits per heavy atom. The van der Waals surface area contributed by atoms with Crippen LogP contribution in [0.3, 0.4) is 0 Å². The molecule has 4 nitrogen and oxygen atoms in total. The van der Waals surface area contributed by atoms with Crippen LogP contribution < -0.4 is 0 Å². The first-order valence-corrected chi connectivity index (χ1v) is 3.51. The van der Waals surface area contributed by atoms with Crippen LogP contribution in [0.4, 0.5) is 0 Å². The monoisotopic (exact) mass is 158 g/mol. The molecule has 0 aromatic heterocycles. The van der Waals surface area contributed by atoms with Crippen molar-refractivity contribution in [2.24, 2.45) is 0 Å². The summed E-state index contributed by atoms with van der Waals surface area (Å²) in [5.41, 5.74) is 0. The maximum absolute atomic E-state index is 11.0. The van der Waals surface area contributed by atoms with Gasteiger partial charge in [0, 0.05) is 20.6 Å². The predicted molar refractivity (Wildman–Crippen MR) is 42.0 cm³/mol. The Morgan fingerprint density at radius 2 is 2.00 bits per heavy atom. The molecule has 0 aliphatic carbocycles. The molecular weight excluding hydrogens is 144 g/mol. The fourth-order valence-corrected chi connectivity index (χ4v) is 0.539. The molecule has 0 saturated carbocycles. The van der Waals surface area contributed by atoms with E-state index in [0.29, 0.717) is 13.0 Å². The summed E-state index contributed by atoms with van der Waals surface area (Å²) in [6, 6.07) is 0. The van der Waals surface area contributed by atoms with E-state index in [1.165, 1.54) is 9.80 Å². The molecule has 0 aliphatic rings. The molecule has 0 saturated heterocycles. The summed E-state index contributed by atoms with van der Waals surface area (Å²) < 4.78 is 0. The van der Waals surface area contributed by atoms with Crippen LogP contribution in [0, 0.1) is 0 Å². The molecule has 0 spiro atoms. The molecule has 0 unspecified atom stereocenters. The van der Waals surface area contributed by atoms with Crippen molar-refractivity contribution in [1.29, 1.82) is 0 Å². The Kier molecular flexibility index (Phi) is 4.26. The zero-order chi connectivity index (χ0) is 8.85. The predicted octanol–water partition coefficient (Wildman–Crippen LogP) is -0.447. The summed E-state index contributed by atoms with van der Waals surface area (Å²) in [7, 11) is 3.34. The third-order valence-corrected chi connectivity index (χ3v) is 1.39. The van der Waals surface area contributed by atoms with Gasteiger partial charge in [-0.1, -0.05) is 0 Å². The molecule has 0 aromatic carbocycles. The van der Waals surface area contributed by atoms with Crippen LogP contribution in [0.2, 0.25) is 0 Å². The fraction of sp³-hybridized carbons (Fsp3) is 0.714. The molecule has 2 amide bonds. The first-order chi connectivity index (χ1) is 5.11. The Hall–Kier alpha value is -1.06. The Balaban J connectivity index is 3.81. The molecule has 0 aromatic rings. The van der Waals surface area contributed by atoms with Gasteiger partial charge in [-0.25, -0.2) is 0 Å². The number of likely N-dealkylation sites (N-methyl/N-ethyl adjacent to an activating group) is 2. The van der Waals surface area contributed by atoms with Crippen molar-refractivity contribution in [3.05, 3.63) is 0 Å². The Bertz CT molecular complexity index is 145. The second-order valence-electron chi connectivity index (χ2n) is 2.46. The highest BCUT2D eigenvalue weighted by Gasteiger charge is 2.07. The van der Waals surface area contributed by atoms with Crippen LogP contribution in [-0.2, 0) is 9.59 Å². The summed E-state index contributed by atoms with van der Waals surface area (Å²) in [6.07, 6.45) is 0.682. The first kappa shape index (κ1) is 9.94. The largest absolute Gasteiger partial charge is 0.347 e. The van der Waals surface area contributed by atoms with E-state index < -0.39 is 0 Å². The van der Waals surface area contributed by atoms with Crippen molar-refractivity contribution in [1.82, 2.24) is 9.80 Å². The van der Waals surface area contributed by atoms with Crippen LogP contribution in [0.15, 0.2) is 0 Å². The fourth-order valence-electron chi connectivity index (χ4n) is 0.539. The van der Waals surface area contributed by atoms with E-state index in [4.69, 9.17) is 0 Å². The van der Waals surface area contributed by atoms with E-state index in [1.54, 1.807) is 14.1 Å². The van der Waals surface area contributed by atoms with Crippen molar-refractivity contribution in [3.8, 4) is 0 Å². The molecule has 4 heteroatoms. The van der Waals surface area contributed by atoms with Gasteiger partial charge in [0.2, 0.25) is 12.3 Å². The molecule has 0 heterocycles. The van der Waals surface area contributed by atoms with Crippen molar-refractivity contribution in [3.63, 3.8) is 0 Å². The molecule has 0 atom stereocenters. The van der Waals surface area contributed by atoms with Gasteiger partial charge in [0.15, 0.2) is 0 Å². The minimum Gasteiger partial charge on any atom is -0.347 e. The van der Waals surface area contributed by atoms with Gasteiger partial charge in [0.1, 0.15) is 0 Å². The number of hydrogen-bond donors (Lipinski definition) is 0. The number of rotatable bonds is 4. The maximum atomic E-state index is 11.0. The second-order valence-corrected chi connectivity index (χ2v) is 2.46. The quantitative estimate of drug-likeness (QED) is 0.520. The minimum absolute atomic E-state index is 0.0565. The number of nitrogens with zero attached hydrogens (tertiary/aromatic N) is 2. The van der Waals surface area contributed by atoms with E-state index in [-0.39, 0.29) is 12.5 Å². The summed E-state index contributed by atoms with van der Waals surface area (Å²) in [4.78, 5) is 24.1. The molecule has 11 heavy (non-hydrogen) atoms. The maximum Gasteiger partial charge on any atom is 0.241 e. The summed E-state index contributed by atoms with van der Waals surface area (Å²) in [6.45, 7) is 2.58. The standard InChI is InChI=1S/C7H14N2O2/c1-4-9(6-10)5-7(11)8(2)3/h6H,4-5H2,1-3H3. The van der Waals surface area contributed by atoms with E-state index >= 15 is 0 Å². The molecule has 0 aliphatic heterocycles. The molecule has 0 bridgehead atoms. The average molecular weight is 158 g/mol. The van der Waals surface area contributed by atoms with Gasteiger partial charge in [-0.2, -0.15) is 0 Å². The Morgan fingerprint density at radius 1 is 1.45 bits per heavy atom. The highest BCUT2D eigenvalue weighted by Crippen LogP contribution is 1.85. The third kappa shape index (κ3) is 3.60. The molecule has 0 radical (unpaired) electrons. The normalized spacial score (nSPS) is 9.00. The second kappa shape index (κ2) is 4.71. The van der Waals surface area contributed by atoms with Crippen molar-refractivity contribution < 1.29 is 9.59 Å². The van der Waals surface area contributed by atoms with E-state index in [0.717, 1.165) is 0 Å². The lowest BCUT2D eigenvalue weighted by molar-refractivity contribution is -0.133. The van der Waals surface area contributed by atoms with Crippen LogP contribution in [0.25, 0.3) is 0 Å². The summed E-state index contributed by atoms with van der Waals surface area (Å²) in [5.74, 6) is -0.0565. The topological polar surface area (TPSA) is 40.6 Å². The smallest absolute Gasteiger partial charge is 0.241 e. The summed E-state index contributed by atoms with van der Waals surface area (Å²) >= 11 is 0. The Labute approximate surface area is 66.8 Å². The highest BCUT2D eigenvalue weighted by atomic mass is 16.2. The zero-order valence-electron chi connectivity index (χ0n) is 7.20. The van der Waals surface area contributed by atoms with E-state index in [2.05, 4.69) is 0 Å². The van der Waals surface area contributed by atoms with Crippen LogP contribution in [-0.4, -0.2) is 49.3 Å². The summed E-state index contributed by atoms with van der Waals surface area (Å²) in [5, 5.41) is 0. The number of carbonyl (C=O) groups is 2. The zero-order valence-corrected chi connectivity index (χ0v) is 7.20. The first-order valence-electron chi connectivity index (χ1n) is 3.51. The van der Waals surface area contributed by atoms with E-state index in [1.807, 2.05) is 6.92 Å². The van der Waals surface area contributed by atoms with Crippen LogP contribution >= 0.6 is 0 Å². The van der Waals surface area contributed by atoms with E-state index in [9.17, 15) is 9.59 Å².